The molecule has 0 amide bonds. The predicted octanol–water partition coefficient (Wildman–Crippen LogP) is 3.51. The van der Waals surface area contributed by atoms with Gasteiger partial charge in [-0.3, -0.25) is 0 Å². The lowest BCUT2D eigenvalue weighted by Gasteiger charge is -2.08. The van der Waals surface area contributed by atoms with Crippen molar-refractivity contribution in [1.29, 1.82) is 0 Å². The zero-order valence-electron chi connectivity index (χ0n) is 9.34. The summed E-state index contributed by atoms with van der Waals surface area (Å²) in [6.07, 6.45) is 0. The molecule has 2 rings (SSSR count). The van der Waals surface area contributed by atoms with Crippen molar-refractivity contribution >= 4 is 17.3 Å². The van der Waals surface area contributed by atoms with Gasteiger partial charge in [0, 0.05) is 4.88 Å². The lowest BCUT2D eigenvalue weighted by Crippen LogP contribution is -2.02. The van der Waals surface area contributed by atoms with Crippen molar-refractivity contribution in [1.82, 2.24) is 0 Å². The topological polar surface area (TPSA) is 46.5 Å². The van der Waals surface area contributed by atoms with Gasteiger partial charge in [0.1, 0.15) is 11.3 Å². The normalized spacial score (nSPS) is 10.2. The fraction of sp³-hybridized carbons (Fsp3) is 0.154. The van der Waals surface area contributed by atoms with E-state index in [-0.39, 0.29) is 5.56 Å². The van der Waals surface area contributed by atoms with Gasteiger partial charge in [-0.05, 0) is 42.1 Å². The van der Waals surface area contributed by atoms with Crippen LogP contribution in [0.15, 0.2) is 35.7 Å². The van der Waals surface area contributed by atoms with Crippen LogP contribution >= 0.6 is 11.3 Å². The second-order valence-electron chi connectivity index (χ2n) is 3.43. The monoisotopic (exact) mass is 248 g/mol. The van der Waals surface area contributed by atoms with Crippen molar-refractivity contribution < 1.29 is 14.6 Å². The summed E-state index contributed by atoms with van der Waals surface area (Å²) in [6.45, 7) is 2.29. The number of ether oxygens (including phenoxy) is 1. The van der Waals surface area contributed by atoms with Gasteiger partial charge in [0.25, 0.3) is 0 Å². The van der Waals surface area contributed by atoms with E-state index in [0.29, 0.717) is 12.4 Å². The number of thiophene rings is 1. The van der Waals surface area contributed by atoms with E-state index in [9.17, 15) is 4.79 Å². The summed E-state index contributed by atoms with van der Waals surface area (Å²) in [4.78, 5) is 12.2. The van der Waals surface area contributed by atoms with Gasteiger partial charge in [0.05, 0.1) is 6.61 Å². The van der Waals surface area contributed by atoms with Crippen LogP contribution in [0, 0.1) is 0 Å². The minimum absolute atomic E-state index is 0.206. The summed E-state index contributed by atoms with van der Waals surface area (Å²) in [5, 5.41) is 11.1. The summed E-state index contributed by atoms with van der Waals surface area (Å²) < 4.78 is 5.29. The van der Waals surface area contributed by atoms with Crippen molar-refractivity contribution in [3.8, 4) is 16.2 Å². The zero-order chi connectivity index (χ0) is 12.3. The van der Waals surface area contributed by atoms with Crippen LogP contribution in [0.4, 0.5) is 0 Å². The Labute approximate surface area is 103 Å². The van der Waals surface area contributed by atoms with Crippen LogP contribution in [0.3, 0.4) is 0 Å². The third kappa shape index (κ3) is 2.47. The van der Waals surface area contributed by atoms with E-state index in [1.54, 1.807) is 23.5 Å². The average Bonchev–Trinajstić information content (AvgIpc) is 2.83. The maximum atomic E-state index is 11.1. The lowest BCUT2D eigenvalue weighted by atomic mass is 10.1. The van der Waals surface area contributed by atoms with E-state index in [2.05, 4.69) is 0 Å². The third-order valence-electron chi connectivity index (χ3n) is 2.32. The summed E-state index contributed by atoms with van der Waals surface area (Å²) in [5.41, 5.74) is 1.11. The molecule has 17 heavy (non-hydrogen) atoms. The van der Waals surface area contributed by atoms with Crippen molar-refractivity contribution in [2.24, 2.45) is 0 Å². The Hall–Kier alpha value is -1.81. The highest BCUT2D eigenvalue weighted by Crippen LogP contribution is 2.29. The van der Waals surface area contributed by atoms with Crippen molar-refractivity contribution in [2.45, 2.75) is 6.92 Å². The van der Waals surface area contributed by atoms with E-state index in [1.165, 1.54) is 0 Å². The van der Waals surface area contributed by atoms with Crippen LogP contribution in [0.25, 0.3) is 10.4 Å². The summed E-state index contributed by atoms with van der Waals surface area (Å²) in [5.74, 6) is -0.549. The van der Waals surface area contributed by atoms with Gasteiger partial charge in [-0.1, -0.05) is 6.07 Å². The molecule has 0 spiro atoms. The van der Waals surface area contributed by atoms with Gasteiger partial charge in [-0.25, -0.2) is 4.79 Å². The minimum Gasteiger partial charge on any atom is -0.493 e. The SMILES string of the molecule is CCOc1ccc(-c2cccs2)cc1C(=O)O. The molecule has 0 saturated heterocycles. The van der Waals surface area contributed by atoms with Crippen LogP contribution < -0.4 is 4.74 Å². The van der Waals surface area contributed by atoms with Gasteiger partial charge in [-0.2, -0.15) is 0 Å². The van der Waals surface area contributed by atoms with Crippen molar-refractivity contribution in [3.05, 3.63) is 41.3 Å². The molecule has 0 atom stereocenters. The molecule has 0 aliphatic heterocycles. The fourth-order valence-corrected chi connectivity index (χ4v) is 2.30. The third-order valence-corrected chi connectivity index (χ3v) is 3.23. The summed E-state index contributed by atoms with van der Waals surface area (Å²) >= 11 is 1.58. The number of benzene rings is 1. The molecule has 3 nitrogen and oxygen atoms in total. The first-order chi connectivity index (χ1) is 8.22. The van der Waals surface area contributed by atoms with Gasteiger partial charge in [-0.15, -0.1) is 11.3 Å². The summed E-state index contributed by atoms with van der Waals surface area (Å²) in [6, 6.07) is 9.15. The van der Waals surface area contributed by atoms with Crippen LogP contribution in [0.1, 0.15) is 17.3 Å². The first-order valence-corrected chi connectivity index (χ1v) is 6.14. The number of aromatic carboxylic acids is 1. The van der Waals surface area contributed by atoms with Crippen LogP contribution in [0.2, 0.25) is 0 Å². The smallest absolute Gasteiger partial charge is 0.339 e. The lowest BCUT2D eigenvalue weighted by molar-refractivity contribution is 0.0692. The molecular weight excluding hydrogens is 236 g/mol. The van der Waals surface area contributed by atoms with E-state index < -0.39 is 5.97 Å². The van der Waals surface area contributed by atoms with Gasteiger partial charge >= 0.3 is 5.97 Å². The molecule has 1 N–H and O–H groups in total. The molecule has 2 aromatic rings. The molecule has 1 aromatic heterocycles. The molecule has 88 valence electrons. The van der Waals surface area contributed by atoms with E-state index in [1.807, 2.05) is 30.5 Å². The van der Waals surface area contributed by atoms with Gasteiger partial charge in [0.15, 0.2) is 0 Å². The molecule has 0 aliphatic rings. The van der Waals surface area contributed by atoms with Crippen molar-refractivity contribution in [3.63, 3.8) is 0 Å². The Bertz CT molecular complexity index is 517. The highest BCUT2D eigenvalue weighted by molar-refractivity contribution is 7.13. The number of hydrogen-bond acceptors (Lipinski definition) is 3. The van der Waals surface area contributed by atoms with Crippen LogP contribution in [0.5, 0.6) is 5.75 Å². The highest BCUT2D eigenvalue weighted by atomic mass is 32.1. The number of carboxylic acids is 1. The van der Waals surface area contributed by atoms with E-state index >= 15 is 0 Å². The molecular formula is C13H12O3S. The van der Waals surface area contributed by atoms with E-state index in [4.69, 9.17) is 9.84 Å². The minimum atomic E-state index is -0.966. The molecule has 4 heteroatoms. The maximum Gasteiger partial charge on any atom is 0.339 e. The Morgan fingerprint density at radius 3 is 2.82 bits per heavy atom. The molecule has 0 radical (unpaired) electrons. The Kier molecular flexibility index (Phi) is 3.44. The standard InChI is InChI=1S/C13H12O3S/c1-2-16-11-6-5-9(8-10(11)13(14)15)12-4-3-7-17-12/h3-8H,2H2,1H3,(H,14,15). The number of hydrogen-bond donors (Lipinski definition) is 1. The Morgan fingerprint density at radius 1 is 1.41 bits per heavy atom. The fourth-order valence-electron chi connectivity index (χ4n) is 1.57. The van der Waals surface area contributed by atoms with Gasteiger partial charge in [0.2, 0.25) is 0 Å². The Balaban J connectivity index is 2.45. The molecule has 0 fully saturated rings. The largest absolute Gasteiger partial charge is 0.493 e. The number of carboxylic acid groups (broad SMARTS) is 1. The first kappa shape index (κ1) is 11.7. The van der Waals surface area contributed by atoms with Crippen LogP contribution in [-0.2, 0) is 0 Å². The quantitative estimate of drug-likeness (QED) is 0.900. The molecule has 0 unspecified atom stereocenters. The highest BCUT2D eigenvalue weighted by Gasteiger charge is 2.12. The predicted molar refractivity (Wildman–Crippen MR) is 67.9 cm³/mol. The second kappa shape index (κ2) is 5.01. The Morgan fingerprint density at radius 2 is 2.24 bits per heavy atom. The first-order valence-electron chi connectivity index (χ1n) is 5.26. The second-order valence-corrected chi connectivity index (χ2v) is 4.37. The average molecular weight is 248 g/mol. The number of carbonyl (C=O) groups is 1. The molecule has 1 heterocycles. The molecule has 0 saturated carbocycles. The van der Waals surface area contributed by atoms with E-state index in [0.717, 1.165) is 10.4 Å². The number of rotatable bonds is 4. The maximum absolute atomic E-state index is 11.1. The summed E-state index contributed by atoms with van der Waals surface area (Å²) in [7, 11) is 0. The van der Waals surface area contributed by atoms with Crippen molar-refractivity contribution in [2.75, 3.05) is 6.61 Å². The molecule has 0 bridgehead atoms. The van der Waals surface area contributed by atoms with Crippen LogP contribution in [-0.4, -0.2) is 17.7 Å². The molecule has 1 aromatic carbocycles. The molecule has 0 aliphatic carbocycles. The van der Waals surface area contributed by atoms with Gasteiger partial charge < -0.3 is 9.84 Å². The zero-order valence-corrected chi connectivity index (χ0v) is 10.2.